The van der Waals surface area contributed by atoms with E-state index in [4.69, 9.17) is 10.5 Å². The summed E-state index contributed by atoms with van der Waals surface area (Å²) in [6, 6.07) is 3.05. The van der Waals surface area contributed by atoms with Gasteiger partial charge in [-0.3, -0.25) is 0 Å². The van der Waals surface area contributed by atoms with Crippen molar-refractivity contribution in [2.24, 2.45) is 0 Å². The molecular weight excluding hydrogens is 281 g/mol. The van der Waals surface area contributed by atoms with E-state index in [1.165, 1.54) is 6.07 Å². The third-order valence-electron chi connectivity index (χ3n) is 1.80. The van der Waals surface area contributed by atoms with Crippen molar-refractivity contribution in [2.75, 3.05) is 25.2 Å². The van der Waals surface area contributed by atoms with E-state index < -0.39 is 0 Å². The zero-order valence-electron chi connectivity index (χ0n) is 8.43. The van der Waals surface area contributed by atoms with E-state index in [0.29, 0.717) is 10.2 Å². The zero-order valence-corrected chi connectivity index (χ0v) is 10.8. The van der Waals surface area contributed by atoms with Gasteiger partial charge in [-0.15, -0.1) is 11.8 Å². The largest absolute Gasteiger partial charge is 0.398 e. The number of anilines is 1. The van der Waals surface area contributed by atoms with Crippen molar-refractivity contribution in [1.29, 1.82) is 0 Å². The van der Waals surface area contributed by atoms with Gasteiger partial charge in [-0.1, -0.05) is 0 Å². The van der Waals surface area contributed by atoms with E-state index in [2.05, 4.69) is 15.9 Å². The minimum absolute atomic E-state index is 0.325. The van der Waals surface area contributed by atoms with Crippen LogP contribution in [-0.2, 0) is 4.74 Å². The fourth-order valence-electron chi connectivity index (χ4n) is 1.05. The third kappa shape index (κ3) is 4.01. The van der Waals surface area contributed by atoms with Crippen LogP contribution < -0.4 is 5.73 Å². The van der Waals surface area contributed by atoms with Crippen molar-refractivity contribution in [1.82, 2.24) is 0 Å². The van der Waals surface area contributed by atoms with Gasteiger partial charge in [-0.05, 0) is 34.5 Å². The van der Waals surface area contributed by atoms with Gasteiger partial charge in [0.2, 0.25) is 0 Å². The third-order valence-corrected chi connectivity index (χ3v) is 3.57. The van der Waals surface area contributed by atoms with Crippen LogP contribution in [-0.4, -0.2) is 19.5 Å². The monoisotopic (exact) mass is 293 g/mol. The molecule has 0 atom stereocenters. The molecule has 2 N–H and O–H groups in total. The summed E-state index contributed by atoms with van der Waals surface area (Å²) in [5.41, 5.74) is 6.18. The van der Waals surface area contributed by atoms with Gasteiger partial charge in [0.05, 0.1) is 4.47 Å². The molecule has 0 aliphatic rings. The summed E-state index contributed by atoms with van der Waals surface area (Å²) in [6.45, 7) is 0.731. The van der Waals surface area contributed by atoms with Crippen LogP contribution in [0.5, 0.6) is 0 Å². The zero-order chi connectivity index (χ0) is 11.3. The summed E-state index contributed by atoms with van der Waals surface area (Å²) < 4.78 is 18.4. The van der Waals surface area contributed by atoms with Crippen molar-refractivity contribution < 1.29 is 9.13 Å². The Labute approximate surface area is 102 Å². The van der Waals surface area contributed by atoms with Gasteiger partial charge in [0.1, 0.15) is 5.82 Å². The first-order valence-corrected chi connectivity index (χ1v) is 6.29. The van der Waals surface area contributed by atoms with Crippen LogP contribution in [0.3, 0.4) is 0 Å². The maximum Gasteiger partial charge on any atom is 0.139 e. The fourth-order valence-corrected chi connectivity index (χ4v) is 2.46. The Balaban J connectivity index is 2.57. The first-order valence-electron chi connectivity index (χ1n) is 4.51. The molecule has 0 amide bonds. The number of methoxy groups -OCH3 is 1. The molecule has 5 heteroatoms. The van der Waals surface area contributed by atoms with Crippen LogP contribution in [0.2, 0.25) is 0 Å². The normalized spacial score (nSPS) is 10.6. The quantitative estimate of drug-likeness (QED) is 0.514. The van der Waals surface area contributed by atoms with Crippen molar-refractivity contribution in [3.63, 3.8) is 0 Å². The lowest BCUT2D eigenvalue weighted by Gasteiger charge is -2.06. The maximum atomic E-state index is 13.0. The van der Waals surface area contributed by atoms with Crippen molar-refractivity contribution in [3.8, 4) is 0 Å². The Hall–Kier alpha value is -0.260. The average molecular weight is 294 g/mol. The van der Waals surface area contributed by atoms with Gasteiger partial charge in [0.15, 0.2) is 0 Å². The Bertz CT molecular complexity index is 335. The van der Waals surface area contributed by atoms with E-state index in [0.717, 1.165) is 23.7 Å². The topological polar surface area (TPSA) is 35.2 Å². The molecule has 0 saturated carbocycles. The predicted molar refractivity (Wildman–Crippen MR) is 65.7 cm³/mol. The van der Waals surface area contributed by atoms with Crippen LogP contribution in [0.15, 0.2) is 21.5 Å². The Kier molecular flexibility index (Phi) is 5.42. The Morgan fingerprint density at radius 3 is 2.93 bits per heavy atom. The minimum Gasteiger partial charge on any atom is -0.398 e. The highest BCUT2D eigenvalue weighted by atomic mass is 79.9. The fraction of sp³-hybridized carbons (Fsp3) is 0.400. The summed E-state index contributed by atoms with van der Waals surface area (Å²) >= 11 is 4.74. The lowest BCUT2D eigenvalue weighted by atomic mass is 10.3. The number of hydrogen-bond acceptors (Lipinski definition) is 3. The summed E-state index contributed by atoms with van der Waals surface area (Å²) in [4.78, 5) is 0.902. The van der Waals surface area contributed by atoms with E-state index in [1.54, 1.807) is 24.9 Å². The Morgan fingerprint density at radius 2 is 2.27 bits per heavy atom. The lowest BCUT2D eigenvalue weighted by Crippen LogP contribution is -1.94. The number of thioether (sulfide) groups is 1. The predicted octanol–water partition coefficient (Wildman–Crippen LogP) is 3.30. The van der Waals surface area contributed by atoms with Gasteiger partial charge in [0, 0.05) is 30.1 Å². The maximum absolute atomic E-state index is 13.0. The van der Waals surface area contributed by atoms with E-state index in [-0.39, 0.29) is 5.82 Å². The average Bonchev–Trinajstić information content (AvgIpc) is 2.20. The van der Waals surface area contributed by atoms with Gasteiger partial charge in [-0.2, -0.15) is 0 Å². The highest BCUT2D eigenvalue weighted by Gasteiger charge is 2.06. The summed E-state index contributed by atoms with van der Waals surface area (Å²) in [5.74, 6) is 0.588. The molecule has 0 aromatic heterocycles. The van der Waals surface area contributed by atoms with Crippen LogP contribution >= 0.6 is 27.7 Å². The van der Waals surface area contributed by atoms with Crippen LogP contribution in [0.4, 0.5) is 10.1 Å². The van der Waals surface area contributed by atoms with Crippen molar-refractivity contribution in [3.05, 3.63) is 22.4 Å². The molecule has 1 aromatic carbocycles. The van der Waals surface area contributed by atoms with E-state index in [1.807, 2.05) is 0 Å². The minimum atomic E-state index is -0.325. The molecule has 0 radical (unpaired) electrons. The molecule has 0 fully saturated rings. The molecular formula is C10H13BrFNOS. The summed E-state index contributed by atoms with van der Waals surface area (Å²) in [6.07, 6.45) is 0.954. The van der Waals surface area contributed by atoms with Gasteiger partial charge < -0.3 is 10.5 Å². The number of nitrogen functional groups attached to an aromatic ring is 1. The van der Waals surface area contributed by atoms with E-state index in [9.17, 15) is 4.39 Å². The lowest BCUT2D eigenvalue weighted by molar-refractivity contribution is 0.200. The van der Waals surface area contributed by atoms with Crippen LogP contribution in [0.25, 0.3) is 0 Å². The summed E-state index contributed by atoms with van der Waals surface area (Å²) in [5, 5.41) is 0. The van der Waals surface area contributed by atoms with Crippen molar-refractivity contribution >= 4 is 33.4 Å². The number of halogens is 2. The molecule has 1 aromatic rings. The number of benzene rings is 1. The van der Waals surface area contributed by atoms with Crippen molar-refractivity contribution in [2.45, 2.75) is 11.3 Å². The number of hydrogen-bond donors (Lipinski definition) is 1. The molecule has 2 nitrogen and oxygen atoms in total. The molecule has 0 aliphatic heterocycles. The van der Waals surface area contributed by atoms with Crippen LogP contribution in [0.1, 0.15) is 6.42 Å². The second kappa shape index (κ2) is 6.35. The molecule has 0 heterocycles. The highest BCUT2D eigenvalue weighted by Crippen LogP contribution is 2.30. The molecule has 15 heavy (non-hydrogen) atoms. The van der Waals surface area contributed by atoms with E-state index >= 15 is 0 Å². The van der Waals surface area contributed by atoms with Gasteiger partial charge >= 0.3 is 0 Å². The standard InChI is InChI=1S/C10H13BrFNOS/c1-14-3-2-4-15-10-5-7(11)8(12)6-9(10)13/h5-6H,2-4,13H2,1H3. The van der Waals surface area contributed by atoms with Gasteiger partial charge in [-0.25, -0.2) is 4.39 Å². The molecule has 0 saturated heterocycles. The molecule has 0 bridgehead atoms. The molecule has 0 unspecified atom stereocenters. The van der Waals surface area contributed by atoms with Gasteiger partial charge in [0.25, 0.3) is 0 Å². The molecule has 84 valence electrons. The number of nitrogens with two attached hydrogens (primary N) is 1. The van der Waals surface area contributed by atoms with Crippen LogP contribution in [0, 0.1) is 5.82 Å². The summed E-state index contributed by atoms with van der Waals surface area (Å²) in [7, 11) is 1.67. The number of ether oxygens (including phenoxy) is 1. The molecule has 1 rings (SSSR count). The SMILES string of the molecule is COCCCSc1cc(Br)c(F)cc1N. The highest BCUT2D eigenvalue weighted by molar-refractivity contribution is 9.10. The second-order valence-corrected chi connectivity index (χ2v) is 4.99. The first-order chi connectivity index (χ1) is 7.15. The smallest absolute Gasteiger partial charge is 0.139 e. The first kappa shape index (κ1) is 12.8. The molecule has 0 spiro atoms. The second-order valence-electron chi connectivity index (χ2n) is 3.00. The molecule has 0 aliphatic carbocycles. The number of rotatable bonds is 5. The Morgan fingerprint density at radius 1 is 1.53 bits per heavy atom.